The van der Waals surface area contributed by atoms with Crippen LogP contribution in [0.5, 0.6) is 11.5 Å². The van der Waals surface area contributed by atoms with Gasteiger partial charge >= 0.3 is 5.97 Å². The SMILES string of the molecule is COc1c(O)ccc(Cl)c1CC(N)C(=O)O. The van der Waals surface area contributed by atoms with Gasteiger partial charge < -0.3 is 20.7 Å². The fourth-order valence-corrected chi connectivity index (χ4v) is 1.54. The smallest absolute Gasteiger partial charge is 0.320 e. The first kappa shape index (κ1) is 12.6. The fraction of sp³-hybridized carbons (Fsp3) is 0.300. The molecule has 0 fully saturated rings. The van der Waals surface area contributed by atoms with E-state index in [2.05, 4.69) is 0 Å². The molecule has 0 saturated heterocycles. The van der Waals surface area contributed by atoms with E-state index in [1.165, 1.54) is 19.2 Å². The van der Waals surface area contributed by atoms with Crippen molar-refractivity contribution in [2.75, 3.05) is 7.11 Å². The molecule has 4 N–H and O–H groups in total. The van der Waals surface area contributed by atoms with Crippen LogP contribution in [0.4, 0.5) is 0 Å². The summed E-state index contributed by atoms with van der Waals surface area (Å²) >= 11 is 5.89. The Kier molecular flexibility index (Phi) is 3.98. The van der Waals surface area contributed by atoms with E-state index in [1.807, 2.05) is 0 Å². The van der Waals surface area contributed by atoms with E-state index in [9.17, 15) is 9.90 Å². The number of halogens is 1. The maximum atomic E-state index is 10.6. The second kappa shape index (κ2) is 5.05. The number of ether oxygens (including phenoxy) is 1. The number of carbonyl (C=O) groups is 1. The van der Waals surface area contributed by atoms with Crippen molar-refractivity contribution in [3.8, 4) is 11.5 Å². The number of aromatic hydroxyl groups is 1. The van der Waals surface area contributed by atoms with Crippen LogP contribution in [0.3, 0.4) is 0 Å². The van der Waals surface area contributed by atoms with Crippen molar-refractivity contribution in [1.82, 2.24) is 0 Å². The van der Waals surface area contributed by atoms with E-state index in [-0.39, 0.29) is 17.9 Å². The zero-order chi connectivity index (χ0) is 12.3. The molecular weight excluding hydrogens is 234 g/mol. The van der Waals surface area contributed by atoms with Gasteiger partial charge in [0.25, 0.3) is 0 Å². The van der Waals surface area contributed by atoms with Gasteiger partial charge in [-0.05, 0) is 12.1 Å². The van der Waals surface area contributed by atoms with Crippen molar-refractivity contribution in [2.24, 2.45) is 5.73 Å². The summed E-state index contributed by atoms with van der Waals surface area (Å²) in [5, 5.41) is 18.5. The zero-order valence-corrected chi connectivity index (χ0v) is 9.36. The largest absolute Gasteiger partial charge is 0.504 e. The van der Waals surface area contributed by atoms with Crippen LogP contribution < -0.4 is 10.5 Å². The summed E-state index contributed by atoms with van der Waals surface area (Å²) in [6.07, 6.45) is -0.00819. The van der Waals surface area contributed by atoms with Crippen LogP contribution in [-0.4, -0.2) is 29.3 Å². The molecular formula is C10H12ClNO4. The van der Waals surface area contributed by atoms with Crippen LogP contribution in [-0.2, 0) is 11.2 Å². The fourth-order valence-electron chi connectivity index (χ4n) is 1.32. The maximum absolute atomic E-state index is 10.6. The third-order valence-corrected chi connectivity index (χ3v) is 2.48. The van der Waals surface area contributed by atoms with Gasteiger partial charge in [-0.1, -0.05) is 11.6 Å². The highest BCUT2D eigenvalue weighted by Crippen LogP contribution is 2.35. The minimum absolute atomic E-state index is 0.00819. The molecule has 1 aromatic carbocycles. The molecule has 0 radical (unpaired) electrons. The van der Waals surface area contributed by atoms with Crippen molar-refractivity contribution >= 4 is 17.6 Å². The highest BCUT2D eigenvalue weighted by atomic mass is 35.5. The number of hydrogen-bond acceptors (Lipinski definition) is 4. The number of hydrogen-bond donors (Lipinski definition) is 3. The number of carboxylic acid groups (broad SMARTS) is 1. The minimum atomic E-state index is -1.14. The summed E-state index contributed by atoms with van der Waals surface area (Å²) in [6.45, 7) is 0. The number of carboxylic acids is 1. The van der Waals surface area contributed by atoms with Crippen molar-refractivity contribution in [2.45, 2.75) is 12.5 Å². The average Bonchev–Trinajstić information content (AvgIpc) is 2.23. The monoisotopic (exact) mass is 245 g/mol. The second-order valence-corrected chi connectivity index (χ2v) is 3.63. The molecule has 1 aromatic rings. The van der Waals surface area contributed by atoms with E-state index in [0.29, 0.717) is 10.6 Å². The molecule has 0 aliphatic carbocycles. The van der Waals surface area contributed by atoms with E-state index < -0.39 is 12.0 Å². The molecule has 0 amide bonds. The number of phenolic OH excluding ortho intramolecular Hbond substituents is 1. The molecule has 16 heavy (non-hydrogen) atoms. The lowest BCUT2D eigenvalue weighted by Crippen LogP contribution is -2.32. The lowest BCUT2D eigenvalue weighted by Gasteiger charge is -2.13. The Labute approximate surface area is 97.4 Å². The van der Waals surface area contributed by atoms with E-state index in [4.69, 9.17) is 27.2 Å². The number of phenols is 1. The van der Waals surface area contributed by atoms with Crippen LogP contribution in [0.15, 0.2) is 12.1 Å². The van der Waals surface area contributed by atoms with Crippen molar-refractivity contribution in [3.63, 3.8) is 0 Å². The third kappa shape index (κ3) is 2.56. The predicted molar refractivity (Wildman–Crippen MR) is 59.0 cm³/mol. The maximum Gasteiger partial charge on any atom is 0.320 e. The number of rotatable bonds is 4. The number of benzene rings is 1. The summed E-state index contributed by atoms with van der Waals surface area (Å²) < 4.78 is 4.95. The first-order valence-electron chi connectivity index (χ1n) is 4.50. The lowest BCUT2D eigenvalue weighted by molar-refractivity contribution is -0.138. The van der Waals surface area contributed by atoms with Crippen LogP contribution in [0.25, 0.3) is 0 Å². The zero-order valence-electron chi connectivity index (χ0n) is 8.61. The van der Waals surface area contributed by atoms with E-state index in [1.54, 1.807) is 0 Å². The summed E-state index contributed by atoms with van der Waals surface area (Å²) in [5.74, 6) is -1.08. The van der Waals surface area contributed by atoms with Crippen molar-refractivity contribution < 1.29 is 19.7 Å². The number of nitrogens with two attached hydrogens (primary N) is 1. The van der Waals surface area contributed by atoms with Gasteiger partial charge in [0.2, 0.25) is 0 Å². The lowest BCUT2D eigenvalue weighted by atomic mass is 10.0. The molecule has 0 aromatic heterocycles. The minimum Gasteiger partial charge on any atom is -0.504 e. The van der Waals surface area contributed by atoms with Gasteiger partial charge in [-0.15, -0.1) is 0 Å². The van der Waals surface area contributed by atoms with Gasteiger partial charge in [-0.25, -0.2) is 0 Å². The molecule has 0 aliphatic rings. The van der Waals surface area contributed by atoms with Crippen LogP contribution in [0, 0.1) is 0 Å². The first-order chi connectivity index (χ1) is 7.47. The first-order valence-corrected chi connectivity index (χ1v) is 4.88. The summed E-state index contributed by atoms with van der Waals surface area (Å²) in [7, 11) is 1.36. The van der Waals surface area contributed by atoms with Gasteiger partial charge in [0.1, 0.15) is 6.04 Å². The van der Waals surface area contributed by atoms with Crippen molar-refractivity contribution in [3.05, 3.63) is 22.7 Å². The molecule has 6 heteroatoms. The second-order valence-electron chi connectivity index (χ2n) is 3.23. The molecule has 0 heterocycles. The Morgan fingerprint density at radius 2 is 2.25 bits per heavy atom. The van der Waals surface area contributed by atoms with Crippen LogP contribution >= 0.6 is 11.6 Å². The Hall–Kier alpha value is -1.46. The average molecular weight is 246 g/mol. The van der Waals surface area contributed by atoms with E-state index in [0.717, 1.165) is 0 Å². The van der Waals surface area contributed by atoms with E-state index >= 15 is 0 Å². The molecule has 5 nitrogen and oxygen atoms in total. The normalized spacial score (nSPS) is 12.2. The Morgan fingerprint density at radius 3 is 2.75 bits per heavy atom. The molecule has 0 saturated carbocycles. The highest BCUT2D eigenvalue weighted by Gasteiger charge is 2.19. The highest BCUT2D eigenvalue weighted by molar-refractivity contribution is 6.31. The third-order valence-electron chi connectivity index (χ3n) is 2.13. The summed E-state index contributed by atoms with van der Waals surface area (Å²) in [5.41, 5.74) is 5.78. The van der Waals surface area contributed by atoms with Gasteiger partial charge in [0.05, 0.1) is 7.11 Å². The molecule has 0 bridgehead atoms. The molecule has 0 aliphatic heterocycles. The standard InChI is InChI=1S/C10H12ClNO4/c1-16-9-5(4-7(12)10(14)15)6(11)2-3-8(9)13/h2-3,7,13H,4,12H2,1H3,(H,14,15). The molecule has 88 valence electrons. The van der Waals surface area contributed by atoms with Gasteiger partial charge in [-0.2, -0.15) is 0 Å². The molecule has 0 spiro atoms. The van der Waals surface area contributed by atoms with Gasteiger partial charge in [0.15, 0.2) is 11.5 Å². The Morgan fingerprint density at radius 1 is 1.62 bits per heavy atom. The summed E-state index contributed by atoms with van der Waals surface area (Å²) in [4.78, 5) is 10.6. The molecule has 1 atom stereocenters. The Bertz CT molecular complexity index is 408. The molecule has 1 rings (SSSR count). The van der Waals surface area contributed by atoms with Crippen LogP contribution in [0.2, 0.25) is 5.02 Å². The van der Waals surface area contributed by atoms with Crippen molar-refractivity contribution in [1.29, 1.82) is 0 Å². The van der Waals surface area contributed by atoms with Crippen LogP contribution in [0.1, 0.15) is 5.56 Å². The Balaban J connectivity index is 3.11. The molecule has 1 unspecified atom stereocenters. The quantitative estimate of drug-likeness (QED) is 0.736. The van der Waals surface area contributed by atoms with Gasteiger partial charge in [-0.3, -0.25) is 4.79 Å². The summed E-state index contributed by atoms with van der Waals surface area (Å²) in [6, 6.07) is 1.74. The topological polar surface area (TPSA) is 92.8 Å². The predicted octanol–water partition coefficient (Wildman–Crippen LogP) is 1.01. The van der Waals surface area contributed by atoms with Gasteiger partial charge in [0, 0.05) is 17.0 Å². The number of aliphatic carboxylic acids is 1. The number of methoxy groups -OCH3 is 1.